The largest absolute Gasteiger partial charge is 0.479 e. The highest BCUT2D eigenvalue weighted by molar-refractivity contribution is 6.35. The van der Waals surface area contributed by atoms with E-state index in [-0.39, 0.29) is 0 Å². The highest BCUT2D eigenvalue weighted by Gasteiger charge is 2.23. The molecule has 1 aliphatic carbocycles. The predicted octanol–water partition coefficient (Wildman–Crippen LogP) is 3.49. The molecule has 0 aromatic heterocycles. The summed E-state index contributed by atoms with van der Waals surface area (Å²) in [5.74, 6) is -0.599. The fourth-order valence-corrected chi connectivity index (χ4v) is 2.45. The molecule has 1 unspecified atom stereocenters. The van der Waals surface area contributed by atoms with Gasteiger partial charge in [0.1, 0.15) is 5.75 Å². The van der Waals surface area contributed by atoms with Crippen molar-refractivity contribution >= 4 is 29.2 Å². The molecule has 1 aliphatic rings. The number of hydrogen-bond acceptors (Lipinski definition) is 3. The van der Waals surface area contributed by atoms with E-state index in [9.17, 15) is 4.79 Å². The maximum atomic E-state index is 11.1. The van der Waals surface area contributed by atoms with E-state index in [1.165, 1.54) is 0 Å². The van der Waals surface area contributed by atoms with Crippen LogP contribution in [0, 0.1) is 0 Å². The van der Waals surface area contributed by atoms with Gasteiger partial charge in [0.15, 0.2) is 6.10 Å². The van der Waals surface area contributed by atoms with Gasteiger partial charge in [0.05, 0.1) is 5.02 Å². The number of nitrogens with one attached hydrogen (secondary N) is 1. The SMILES string of the molecule is CCC(Oc1c(Cl)cc(Cl)cc1CNC1CC1)C(=O)O. The van der Waals surface area contributed by atoms with Crippen LogP contribution in [-0.4, -0.2) is 23.2 Å². The molecule has 6 heteroatoms. The van der Waals surface area contributed by atoms with Crippen molar-refractivity contribution in [1.29, 1.82) is 0 Å². The molecule has 0 heterocycles. The first-order valence-electron chi connectivity index (χ1n) is 6.62. The number of carboxylic acids is 1. The maximum Gasteiger partial charge on any atom is 0.344 e. The summed E-state index contributed by atoms with van der Waals surface area (Å²) in [4.78, 5) is 11.1. The summed E-state index contributed by atoms with van der Waals surface area (Å²) in [6.45, 7) is 2.32. The Balaban J connectivity index is 2.20. The van der Waals surface area contributed by atoms with E-state index in [2.05, 4.69) is 5.32 Å². The first-order chi connectivity index (χ1) is 9.51. The number of halogens is 2. The first-order valence-corrected chi connectivity index (χ1v) is 7.37. The van der Waals surface area contributed by atoms with Crippen molar-refractivity contribution in [1.82, 2.24) is 5.32 Å². The molecule has 0 bridgehead atoms. The highest BCUT2D eigenvalue weighted by Crippen LogP contribution is 2.34. The van der Waals surface area contributed by atoms with Gasteiger partial charge in [-0.15, -0.1) is 0 Å². The number of benzene rings is 1. The van der Waals surface area contributed by atoms with Crippen LogP contribution in [0.5, 0.6) is 5.75 Å². The fraction of sp³-hybridized carbons (Fsp3) is 0.500. The Labute approximate surface area is 128 Å². The van der Waals surface area contributed by atoms with Gasteiger partial charge in [-0.3, -0.25) is 0 Å². The number of rotatable bonds is 7. The van der Waals surface area contributed by atoms with E-state index in [1.54, 1.807) is 19.1 Å². The molecule has 1 aromatic carbocycles. The zero-order valence-corrected chi connectivity index (χ0v) is 12.7. The van der Waals surface area contributed by atoms with E-state index in [0.717, 1.165) is 18.4 Å². The highest BCUT2D eigenvalue weighted by atomic mass is 35.5. The summed E-state index contributed by atoms with van der Waals surface area (Å²) < 4.78 is 5.56. The quantitative estimate of drug-likeness (QED) is 0.808. The summed E-state index contributed by atoms with van der Waals surface area (Å²) in [6, 6.07) is 3.85. The van der Waals surface area contributed by atoms with Crippen molar-refractivity contribution in [2.75, 3.05) is 0 Å². The van der Waals surface area contributed by atoms with Crippen LogP contribution in [0.3, 0.4) is 0 Å². The van der Waals surface area contributed by atoms with Crippen LogP contribution in [0.15, 0.2) is 12.1 Å². The minimum atomic E-state index is -1.00. The van der Waals surface area contributed by atoms with Crippen molar-refractivity contribution in [3.63, 3.8) is 0 Å². The molecule has 0 saturated heterocycles. The summed E-state index contributed by atoms with van der Waals surface area (Å²) in [5, 5.41) is 13.3. The molecule has 20 heavy (non-hydrogen) atoms. The van der Waals surface area contributed by atoms with Gasteiger partial charge in [-0.25, -0.2) is 4.79 Å². The van der Waals surface area contributed by atoms with E-state index in [0.29, 0.717) is 34.8 Å². The van der Waals surface area contributed by atoms with Gasteiger partial charge in [-0.1, -0.05) is 30.1 Å². The van der Waals surface area contributed by atoms with Crippen molar-refractivity contribution in [3.05, 3.63) is 27.7 Å². The lowest BCUT2D eigenvalue weighted by atomic mass is 10.2. The van der Waals surface area contributed by atoms with E-state index >= 15 is 0 Å². The second kappa shape index (κ2) is 6.66. The number of aliphatic carboxylic acids is 1. The number of hydrogen-bond donors (Lipinski definition) is 2. The molecule has 2 rings (SSSR count). The van der Waals surface area contributed by atoms with E-state index < -0.39 is 12.1 Å². The molecule has 0 aliphatic heterocycles. The smallest absolute Gasteiger partial charge is 0.344 e. The van der Waals surface area contributed by atoms with Crippen LogP contribution in [0.25, 0.3) is 0 Å². The summed E-state index contributed by atoms with van der Waals surface area (Å²) >= 11 is 12.1. The third-order valence-corrected chi connectivity index (χ3v) is 3.65. The molecule has 1 saturated carbocycles. The monoisotopic (exact) mass is 317 g/mol. The first kappa shape index (κ1) is 15.4. The molecule has 2 N–H and O–H groups in total. The average Bonchev–Trinajstić information content (AvgIpc) is 3.18. The Morgan fingerprint density at radius 1 is 1.50 bits per heavy atom. The molecular weight excluding hydrogens is 301 g/mol. The van der Waals surface area contributed by atoms with Gasteiger partial charge in [0.2, 0.25) is 0 Å². The third-order valence-electron chi connectivity index (χ3n) is 3.15. The Hall–Kier alpha value is -0.970. The number of carbonyl (C=O) groups is 1. The van der Waals surface area contributed by atoms with Gasteiger partial charge in [-0.05, 0) is 31.4 Å². The summed E-state index contributed by atoms with van der Waals surface area (Å²) in [7, 11) is 0. The average molecular weight is 318 g/mol. The van der Waals surface area contributed by atoms with Crippen LogP contribution in [0.1, 0.15) is 31.7 Å². The molecular formula is C14H17Cl2NO3. The molecule has 1 fully saturated rings. The Morgan fingerprint density at radius 2 is 2.20 bits per heavy atom. The molecule has 0 amide bonds. The van der Waals surface area contributed by atoms with Gasteiger partial charge >= 0.3 is 5.97 Å². The maximum absolute atomic E-state index is 11.1. The Kier molecular flexibility index (Phi) is 5.13. The van der Waals surface area contributed by atoms with Gasteiger partial charge in [0, 0.05) is 23.2 Å². The predicted molar refractivity (Wildman–Crippen MR) is 78.7 cm³/mol. The van der Waals surface area contributed by atoms with Gasteiger partial charge < -0.3 is 15.2 Å². The Morgan fingerprint density at radius 3 is 2.75 bits per heavy atom. The van der Waals surface area contributed by atoms with Crippen LogP contribution in [-0.2, 0) is 11.3 Å². The second-order valence-corrected chi connectivity index (χ2v) is 5.73. The lowest BCUT2D eigenvalue weighted by Crippen LogP contribution is -2.27. The molecule has 0 spiro atoms. The second-order valence-electron chi connectivity index (χ2n) is 4.88. The zero-order valence-electron chi connectivity index (χ0n) is 11.2. The van der Waals surface area contributed by atoms with E-state index in [1.807, 2.05) is 0 Å². The summed E-state index contributed by atoms with van der Waals surface area (Å²) in [5.41, 5.74) is 0.786. The fourth-order valence-electron chi connectivity index (χ4n) is 1.87. The lowest BCUT2D eigenvalue weighted by Gasteiger charge is -2.18. The van der Waals surface area contributed by atoms with Gasteiger partial charge in [-0.2, -0.15) is 0 Å². The number of ether oxygens (including phenoxy) is 1. The van der Waals surface area contributed by atoms with Crippen molar-refractivity contribution in [3.8, 4) is 5.75 Å². The number of carboxylic acid groups (broad SMARTS) is 1. The summed E-state index contributed by atoms with van der Waals surface area (Å²) in [6.07, 6.45) is 1.78. The lowest BCUT2D eigenvalue weighted by molar-refractivity contribution is -0.145. The van der Waals surface area contributed by atoms with E-state index in [4.69, 9.17) is 33.0 Å². The molecule has 110 valence electrons. The minimum absolute atomic E-state index is 0.338. The van der Waals surface area contributed by atoms with Crippen molar-refractivity contribution in [2.45, 2.75) is 44.9 Å². The minimum Gasteiger partial charge on any atom is -0.479 e. The topological polar surface area (TPSA) is 58.6 Å². The molecule has 1 aromatic rings. The third kappa shape index (κ3) is 4.01. The molecule has 1 atom stereocenters. The Bertz CT molecular complexity index is 503. The van der Waals surface area contributed by atoms with Crippen molar-refractivity contribution < 1.29 is 14.6 Å². The normalized spacial score (nSPS) is 15.9. The van der Waals surface area contributed by atoms with Crippen LogP contribution in [0.4, 0.5) is 0 Å². The molecule has 0 radical (unpaired) electrons. The van der Waals surface area contributed by atoms with Crippen molar-refractivity contribution in [2.24, 2.45) is 0 Å². The standard InChI is InChI=1S/C14H17Cl2NO3/c1-2-12(14(18)19)20-13-8(7-17-10-3-4-10)5-9(15)6-11(13)16/h5-6,10,12,17H,2-4,7H2,1H3,(H,18,19). The molecule has 4 nitrogen and oxygen atoms in total. The van der Waals surface area contributed by atoms with Crippen LogP contribution in [0.2, 0.25) is 10.0 Å². The zero-order chi connectivity index (χ0) is 14.7. The van der Waals surface area contributed by atoms with Crippen LogP contribution >= 0.6 is 23.2 Å². The van der Waals surface area contributed by atoms with Crippen LogP contribution < -0.4 is 10.1 Å². The van der Waals surface area contributed by atoms with Gasteiger partial charge in [0.25, 0.3) is 0 Å².